The number of hydrogen-bond donors (Lipinski definition) is 2. The lowest BCUT2D eigenvalue weighted by Gasteiger charge is -2.19. The van der Waals surface area contributed by atoms with Crippen molar-refractivity contribution in [3.05, 3.63) is 187 Å². The van der Waals surface area contributed by atoms with Crippen molar-refractivity contribution in [2.75, 3.05) is 5.43 Å². The normalized spacial score (nSPS) is 13.4. The zero-order chi connectivity index (χ0) is 36.1. The van der Waals surface area contributed by atoms with Crippen molar-refractivity contribution in [2.24, 2.45) is 5.10 Å². The lowest BCUT2D eigenvalue weighted by molar-refractivity contribution is 0.630. The van der Waals surface area contributed by atoms with Crippen LogP contribution in [0.1, 0.15) is 11.1 Å². The Bertz CT molecular complexity index is 2570. The maximum Gasteiger partial charge on any atom is 0.131 e. The Morgan fingerprint density at radius 2 is 1.04 bits per heavy atom. The Kier molecular flexibility index (Phi) is 9.03. The number of pyridine rings is 4. The van der Waals surface area contributed by atoms with Crippen molar-refractivity contribution in [1.82, 2.24) is 19.9 Å². The molecule has 2 N–H and O–H groups in total. The van der Waals surface area contributed by atoms with Crippen molar-refractivity contribution in [3.8, 4) is 45.0 Å². The van der Waals surface area contributed by atoms with E-state index in [0.717, 1.165) is 5.69 Å². The van der Waals surface area contributed by atoms with E-state index in [1.54, 1.807) is 73.3 Å². The highest BCUT2D eigenvalue weighted by Crippen LogP contribution is 2.34. The molecule has 4 aromatic heterocycles. The molecule has 7 nitrogen and oxygen atoms in total. The summed E-state index contributed by atoms with van der Waals surface area (Å²) in [6.45, 7) is 0. The molecule has 0 saturated carbocycles. The number of aromatic nitrogens is 4. The molecule has 9 heteroatoms. The Labute approximate surface area is 304 Å². The number of nitrogens with zero attached hydrogens (tertiary/aromatic N) is 5. The summed E-state index contributed by atoms with van der Waals surface area (Å²) in [5, 5.41) is 13.6. The number of nitrogens with one attached hydrogen (secondary N) is 2. The van der Waals surface area contributed by atoms with Gasteiger partial charge in [0.1, 0.15) is 17.3 Å². The fraction of sp³-hybridized carbons (Fsp3) is 0. The maximum absolute atomic E-state index is 16.1. The molecule has 0 amide bonds. The first kappa shape index (κ1) is 32.9. The van der Waals surface area contributed by atoms with Gasteiger partial charge in [0, 0.05) is 41.5 Å². The lowest BCUT2D eigenvalue weighted by Crippen LogP contribution is -2.19. The van der Waals surface area contributed by atoms with E-state index in [2.05, 4.69) is 30.5 Å². The first-order valence-corrected chi connectivity index (χ1v) is 16.8. The molecule has 0 radical (unpaired) electrons. The van der Waals surface area contributed by atoms with Gasteiger partial charge in [0.15, 0.2) is 0 Å². The van der Waals surface area contributed by atoms with Gasteiger partial charge < -0.3 is 0 Å². The Hall–Kier alpha value is -7.26. The summed E-state index contributed by atoms with van der Waals surface area (Å²) in [4.78, 5) is 17.6. The van der Waals surface area contributed by atoms with Crippen LogP contribution in [0.2, 0.25) is 0 Å². The van der Waals surface area contributed by atoms with Gasteiger partial charge in [0.25, 0.3) is 0 Å². The molecule has 0 unspecified atom stereocenters. The maximum atomic E-state index is 16.1. The molecule has 0 saturated heterocycles. The van der Waals surface area contributed by atoms with Gasteiger partial charge in [0.2, 0.25) is 0 Å². The molecule has 1 aliphatic carbocycles. The number of rotatable bonds is 8. The molecule has 1 aliphatic rings. The molecule has 4 heterocycles. The summed E-state index contributed by atoms with van der Waals surface area (Å²) in [6.07, 6.45) is 10.1. The number of hydrazone groups is 1. The van der Waals surface area contributed by atoms with Crippen molar-refractivity contribution >= 4 is 28.3 Å². The summed E-state index contributed by atoms with van der Waals surface area (Å²) in [7, 11) is 0. The molecule has 0 aliphatic heterocycles. The fourth-order valence-electron chi connectivity index (χ4n) is 6.13. The molecule has 0 atom stereocenters. The SMILES string of the molecule is N=C1C=C(c2ccc(-c3ccnc(-c4ccccn4)c3)c(F)c2)C=C(c2ccc(-c3ccnc(-c4ccccn4)c3)c(F)c2)/C1=N/Nc1ccccc1. The van der Waals surface area contributed by atoms with Crippen LogP contribution in [0.25, 0.3) is 56.2 Å². The molecule has 0 bridgehead atoms. The van der Waals surface area contributed by atoms with E-state index in [1.165, 1.54) is 12.1 Å². The summed E-state index contributed by atoms with van der Waals surface area (Å²) in [5.41, 5.74) is 11.0. The Morgan fingerprint density at radius 1 is 0.491 bits per heavy atom. The van der Waals surface area contributed by atoms with Crippen LogP contribution < -0.4 is 5.43 Å². The minimum atomic E-state index is -0.461. The fourth-order valence-corrected chi connectivity index (χ4v) is 6.13. The highest BCUT2D eigenvalue weighted by atomic mass is 19.1. The van der Waals surface area contributed by atoms with Gasteiger partial charge in [-0.25, -0.2) is 8.78 Å². The molecule has 8 rings (SSSR count). The lowest BCUT2D eigenvalue weighted by atomic mass is 9.87. The third-order valence-electron chi connectivity index (χ3n) is 8.76. The Balaban J connectivity index is 1.15. The van der Waals surface area contributed by atoms with E-state index in [0.29, 0.717) is 73.0 Å². The summed E-state index contributed by atoms with van der Waals surface area (Å²) in [5.74, 6) is -0.900. The van der Waals surface area contributed by atoms with Gasteiger partial charge in [-0.15, -0.1) is 0 Å². The summed E-state index contributed by atoms with van der Waals surface area (Å²) >= 11 is 0. The predicted molar refractivity (Wildman–Crippen MR) is 207 cm³/mol. The van der Waals surface area contributed by atoms with Crippen LogP contribution in [0.4, 0.5) is 14.5 Å². The number of halogens is 2. The van der Waals surface area contributed by atoms with E-state index in [9.17, 15) is 0 Å². The van der Waals surface area contributed by atoms with Crippen molar-refractivity contribution in [2.45, 2.75) is 0 Å². The van der Waals surface area contributed by atoms with Crippen LogP contribution in [0, 0.1) is 17.0 Å². The van der Waals surface area contributed by atoms with Crippen molar-refractivity contribution < 1.29 is 8.78 Å². The molecule has 0 fully saturated rings. The first-order valence-electron chi connectivity index (χ1n) is 16.8. The van der Waals surface area contributed by atoms with Crippen LogP contribution in [0.3, 0.4) is 0 Å². The third-order valence-corrected chi connectivity index (χ3v) is 8.76. The molecule has 7 aromatic rings. The first-order chi connectivity index (χ1) is 26.0. The van der Waals surface area contributed by atoms with Crippen LogP contribution in [-0.4, -0.2) is 31.4 Å². The van der Waals surface area contributed by atoms with Gasteiger partial charge in [-0.1, -0.05) is 54.6 Å². The second kappa shape index (κ2) is 14.5. The minimum absolute atomic E-state index is 0.0816. The smallest absolute Gasteiger partial charge is 0.131 e. The topological polar surface area (TPSA) is 99.8 Å². The van der Waals surface area contributed by atoms with Crippen LogP contribution >= 0.6 is 0 Å². The largest absolute Gasteiger partial charge is 0.299 e. The second-order valence-electron chi connectivity index (χ2n) is 12.2. The summed E-state index contributed by atoms with van der Waals surface area (Å²) < 4.78 is 32.0. The van der Waals surface area contributed by atoms with Gasteiger partial charge in [-0.05, 0) is 113 Å². The van der Waals surface area contributed by atoms with Crippen molar-refractivity contribution in [1.29, 1.82) is 5.41 Å². The molecule has 53 heavy (non-hydrogen) atoms. The second-order valence-corrected chi connectivity index (χ2v) is 12.2. The van der Waals surface area contributed by atoms with Gasteiger partial charge in [-0.3, -0.25) is 30.8 Å². The number of benzene rings is 3. The number of anilines is 1. The van der Waals surface area contributed by atoms with Crippen molar-refractivity contribution in [3.63, 3.8) is 0 Å². The monoisotopic (exact) mass is 693 g/mol. The van der Waals surface area contributed by atoms with E-state index >= 15 is 8.78 Å². The molecule has 0 spiro atoms. The standard InChI is InChI=1S/C44H29F2N7/c45-37-23-28(12-14-34(37)30-16-20-50-42(26-30)40-10-4-6-18-48-40)32-22-36(44(39(47)25-32)53-52-33-8-2-1-3-9-33)29-13-15-35(38(46)24-29)31-17-21-51-43(27-31)41-11-5-7-19-49-41/h1-27,47,52H/b47-39?,53-44-. The van der Waals surface area contributed by atoms with E-state index < -0.39 is 11.6 Å². The number of allylic oxidation sites excluding steroid dienone is 4. The zero-order valence-electron chi connectivity index (χ0n) is 28.1. The average molecular weight is 694 g/mol. The van der Waals surface area contributed by atoms with E-state index in [-0.39, 0.29) is 5.71 Å². The van der Waals surface area contributed by atoms with Gasteiger partial charge in [0.05, 0.1) is 34.2 Å². The van der Waals surface area contributed by atoms with Gasteiger partial charge >= 0.3 is 0 Å². The highest BCUT2D eigenvalue weighted by Gasteiger charge is 2.23. The molecule has 3 aromatic carbocycles. The molecular weight excluding hydrogens is 665 g/mol. The molecular formula is C44H29F2N7. The minimum Gasteiger partial charge on any atom is -0.299 e. The zero-order valence-corrected chi connectivity index (χ0v) is 28.1. The Morgan fingerprint density at radius 3 is 1.60 bits per heavy atom. The van der Waals surface area contributed by atoms with Crippen LogP contribution in [0.15, 0.2) is 169 Å². The number of para-hydroxylation sites is 1. The predicted octanol–water partition coefficient (Wildman–Crippen LogP) is 10.2. The third kappa shape index (κ3) is 7.04. The van der Waals surface area contributed by atoms with Gasteiger partial charge in [-0.2, -0.15) is 5.10 Å². The van der Waals surface area contributed by atoms with E-state index in [1.807, 2.05) is 78.9 Å². The van der Waals surface area contributed by atoms with Crippen LogP contribution in [-0.2, 0) is 0 Å². The quantitative estimate of drug-likeness (QED) is 0.122. The average Bonchev–Trinajstić information content (AvgIpc) is 3.21. The highest BCUT2D eigenvalue weighted by molar-refractivity contribution is 6.62. The summed E-state index contributed by atoms with van der Waals surface area (Å²) in [6, 6.07) is 37.5. The number of hydrogen-bond acceptors (Lipinski definition) is 7. The van der Waals surface area contributed by atoms with E-state index in [4.69, 9.17) is 5.41 Å². The molecule has 254 valence electrons. The van der Waals surface area contributed by atoms with Crippen LogP contribution in [0.5, 0.6) is 0 Å².